The van der Waals surface area contributed by atoms with Gasteiger partial charge in [-0.3, -0.25) is 4.79 Å². The molecule has 0 amide bonds. The van der Waals surface area contributed by atoms with Gasteiger partial charge in [-0.2, -0.15) is 0 Å². The van der Waals surface area contributed by atoms with E-state index in [0.717, 1.165) is 38.9 Å². The predicted octanol–water partition coefficient (Wildman–Crippen LogP) is 5.09. The van der Waals surface area contributed by atoms with Gasteiger partial charge in [-0.25, -0.2) is 0 Å². The van der Waals surface area contributed by atoms with Crippen molar-refractivity contribution < 1.29 is 34.3 Å². The van der Waals surface area contributed by atoms with Crippen LogP contribution in [0, 0.1) is 0 Å². The Morgan fingerprint density at radius 2 is 1.43 bits per heavy atom. The van der Waals surface area contributed by atoms with Crippen LogP contribution in [-0.4, -0.2) is 72.1 Å². The third-order valence-corrected chi connectivity index (χ3v) is 6.04. The normalized spacial score (nSPS) is 20.6. The Bertz CT molecular complexity index is 496. The van der Waals surface area contributed by atoms with Crippen molar-refractivity contribution in [3.05, 3.63) is 12.2 Å². The van der Waals surface area contributed by atoms with E-state index in [4.69, 9.17) is 14.2 Å². The third-order valence-electron chi connectivity index (χ3n) is 6.04. The molecule has 1 aliphatic heterocycles. The summed E-state index contributed by atoms with van der Waals surface area (Å²) < 4.78 is 15.0. The molecule has 0 aromatic carbocycles. The lowest BCUT2D eigenvalue weighted by atomic mass is 10.1. The zero-order chi connectivity index (χ0) is 26.2. The molecule has 0 radical (unpaired) electrons. The maximum Gasteiger partial charge on any atom is 0.305 e. The molecule has 1 aliphatic rings. The number of unbranched alkanes of at least 4 members (excludes halogenated alkanes) is 11. The lowest BCUT2D eigenvalue weighted by Gasteiger charge is -2.20. The first kappa shape index (κ1) is 34.0. The highest BCUT2D eigenvalue weighted by molar-refractivity contribution is 5.69. The van der Waals surface area contributed by atoms with Crippen molar-refractivity contribution in [2.75, 3.05) is 26.4 Å². The van der Waals surface area contributed by atoms with Crippen molar-refractivity contribution in [1.82, 2.24) is 0 Å². The maximum absolute atomic E-state index is 11.7. The van der Waals surface area contributed by atoms with Crippen LogP contribution in [0.15, 0.2) is 12.2 Å². The van der Waals surface area contributed by atoms with Gasteiger partial charge in [0.2, 0.25) is 0 Å². The van der Waals surface area contributed by atoms with Crippen molar-refractivity contribution in [1.29, 1.82) is 0 Å². The van der Waals surface area contributed by atoms with Crippen LogP contribution in [0.1, 0.15) is 111 Å². The second kappa shape index (κ2) is 24.7. The SMILES string of the molecule is CCCCCCCC/C=C\CCCCCCCC(=O)OC[C@@H](O)[C@H]1OC[C@H](O)[C@H]1O.CCOCC. The Morgan fingerprint density at radius 3 is 1.91 bits per heavy atom. The average Bonchev–Trinajstić information content (AvgIpc) is 3.19. The molecule has 35 heavy (non-hydrogen) atoms. The van der Waals surface area contributed by atoms with Gasteiger partial charge < -0.3 is 29.5 Å². The second-order valence-corrected chi connectivity index (χ2v) is 9.22. The molecule has 0 saturated carbocycles. The molecule has 0 aromatic rings. The number of esters is 1. The van der Waals surface area contributed by atoms with Gasteiger partial charge in [-0.05, 0) is 46.0 Å². The number of aliphatic hydroxyl groups excluding tert-OH is 3. The third kappa shape index (κ3) is 19.8. The van der Waals surface area contributed by atoms with E-state index >= 15 is 0 Å². The van der Waals surface area contributed by atoms with Crippen LogP contribution in [-0.2, 0) is 19.0 Å². The number of carbonyl (C=O) groups is 1. The van der Waals surface area contributed by atoms with Gasteiger partial charge in [0.05, 0.1) is 6.61 Å². The summed E-state index contributed by atoms with van der Waals surface area (Å²) in [6.45, 7) is 7.67. The molecular formula is C28H54O7. The molecule has 1 saturated heterocycles. The summed E-state index contributed by atoms with van der Waals surface area (Å²) >= 11 is 0. The predicted molar refractivity (Wildman–Crippen MR) is 140 cm³/mol. The van der Waals surface area contributed by atoms with Gasteiger partial charge in [-0.15, -0.1) is 0 Å². The Hall–Kier alpha value is -0.990. The number of allylic oxidation sites excluding steroid dienone is 2. The Balaban J connectivity index is 0.00000209. The zero-order valence-electron chi connectivity index (χ0n) is 22.7. The van der Waals surface area contributed by atoms with E-state index in [1.54, 1.807) is 0 Å². The summed E-state index contributed by atoms with van der Waals surface area (Å²) in [5, 5.41) is 29.0. The molecule has 7 heteroatoms. The van der Waals surface area contributed by atoms with Crippen LogP contribution in [0.3, 0.4) is 0 Å². The van der Waals surface area contributed by atoms with E-state index in [1.807, 2.05) is 13.8 Å². The van der Waals surface area contributed by atoms with Crippen LogP contribution in [0.5, 0.6) is 0 Å². The van der Waals surface area contributed by atoms with Crippen LogP contribution < -0.4 is 0 Å². The van der Waals surface area contributed by atoms with E-state index in [2.05, 4.69) is 19.1 Å². The minimum atomic E-state index is -1.15. The van der Waals surface area contributed by atoms with E-state index in [0.29, 0.717) is 6.42 Å². The molecule has 4 atom stereocenters. The summed E-state index contributed by atoms with van der Waals surface area (Å²) in [6.07, 6.45) is 16.5. The van der Waals surface area contributed by atoms with Crippen LogP contribution in [0.2, 0.25) is 0 Å². The Morgan fingerprint density at radius 1 is 0.886 bits per heavy atom. The fourth-order valence-corrected chi connectivity index (χ4v) is 3.85. The minimum Gasteiger partial charge on any atom is -0.463 e. The standard InChI is InChI=1S/C24H44O6.C4H10O/c1-2-3-4-5-6-7-8-9-10-11-12-13-14-15-16-17-22(27)29-19-21(26)24-23(28)20(25)18-30-24;1-3-5-4-2/h9-10,20-21,23-26,28H,2-8,11-19H2,1H3;3-4H2,1-2H3/b10-9-;/t20-,21+,23+,24+;/m0./s1. The number of hydrogen-bond donors (Lipinski definition) is 3. The fourth-order valence-electron chi connectivity index (χ4n) is 3.85. The summed E-state index contributed by atoms with van der Waals surface area (Å²) in [5.41, 5.74) is 0. The average molecular weight is 503 g/mol. The molecule has 208 valence electrons. The van der Waals surface area contributed by atoms with Crippen LogP contribution in [0.25, 0.3) is 0 Å². The van der Waals surface area contributed by atoms with Gasteiger partial charge >= 0.3 is 5.97 Å². The van der Waals surface area contributed by atoms with E-state index in [9.17, 15) is 20.1 Å². The number of hydrogen-bond acceptors (Lipinski definition) is 7. The first-order valence-corrected chi connectivity index (χ1v) is 14.0. The topological polar surface area (TPSA) is 105 Å². The summed E-state index contributed by atoms with van der Waals surface area (Å²) in [5.74, 6) is -0.347. The van der Waals surface area contributed by atoms with Gasteiger partial charge in [-0.1, -0.05) is 70.4 Å². The largest absolute Gasteiger partial charge is 0.463 e. The highest BCUT2D eigenvalue weighted by atomic mass is 16.6. The molecule has 0 aliphatic carbocycles. The quantitative estimate of drug-likeness (QED) is 0.121. The highest BCUT2D eigenvalue weighted by Gasteiger charge is 2.39. The van der Waals surface area contributed by atoms with Crippen molar-refractivity contribution >= 4 is 5.97 Å². The molecular weight excluding hydrogens is 448 g/mol. The zero-order valence-corrected chi connectivity index (χ0v) is 22.7. The van der Waals surface area contributed by atoms with Crippen LogP contribution >= 0.6 is 0 Å². The monoisotopic (exact) mass is 502 g/mol. The van der Waals surface area contributed by atoms with Crippen molar-refractivity contribution in [3.63, 3.8) is 0 Å². The molecule has 0 spiro atoms. The van der Waals surface area contributed by atoms with Gasteiger partial charge in [0, 0.05) is 19.6 Å². The van der Waals surface area contributed by atoms with Crippen molar-refractivity contribution in [2.24, 2.45) is 0 Å². The van der Waals surface area contributed by atoms with E-state index < -0.39 is 24.4 Å². The molecule has 0 unspecified atom stereocenters. The number of carbonyl (C=O) groups excluding carboxylic acids is 1. The molecule has 1 rings (SSSR count). The maximum atomic E-state index is 11.7. The highest BCUT2D eigenvalue weighted by Crippen LogP contribution is 2.18. The molecule has 7 nitrogen and oxygen atoms in total. The fraction of sp³-hybridized carbons (Fsp3) is 0.893. The molecule has 3 N–H and O–H groups in total. The number of rotatable bonds is 20. The summed E-state index contributed by atoms with van der Waals surface area (Å²) in [4.78, 5) is 11.7. The molecule has 0 aromatic heterocycles. The molecule has 1 heterocycles. The Kier molecular flexibility index (Phi) is 24.0. The lowest BCUT2D eigenvalue weighted by Crippen LogP contribution is -2.41. The first-order chi connectivity index (χ1) is 17.0. The number of aliphatic hydroxyl groups is 3. The van der Waals surface area contributed by atoms with Crippen molar-refractivity contribution in [2.45, 2.75) is 135 Å². The van der Waals surface area contributed by atoms with E-state index in [1.165, 1.54) is 57.8 Å². The number of ether oxygens (including phenoxy) is 3. The van der Waals surface area contributed by atoms with Crippen molar-refractivity contribution in [3.8, 4) is 0 Å². The smallest absolute Gasteiger partial charge is 0.305 e. The van der Waals surface area contributed by atoms with Gasteiger partial charge in [0.25, 0.3) is 0 Å². The van der Waals surface area contributed by atoms with Gasteiger partial charge in [0.15, 0.2) is 0 Å². The second-order valence-electron chi connectivity index (χ2n) is 9.22. The molecule has 0 bridgehead atoms. The summed E-state index contributed by atoms with van der Waals surface area (Å²) in [7, 11) is 0. The lowest BCUT2D eigenvalue weighted by molar-refractivity contribution is -0.151. The first-order valence-electron chi connectivity index (χ1n) is 14.0. The van der Waals surface area contributed by atoms with Crippen LogP contribution in [0.4, 0.5) is 0 Å². The Labute approximate surface area is 214 Å². The van der Waals surface area contributed by atoms with E-state index in [-0.39, 0.29) is 19.2 Å². The summed E-state index contributed by atoms with van der Waals surface area (Å²) in [6, 6.07) is 0. The van der Waals surface area contributed by atoms with Gasteiger partial charge in [0.1, 0.15) is 31.0 Å². The molecule has 1 fully saturated rings. The minimum absolute atomic E-state index is 0.0221.